The van der Waals surface area contributed by atoms with E-state index >= 15 is 0 Å². The highest BCUT2D eigenvalue weighted by Gasteiger charge is 2.35. The number of pyridine rings is 1. The van der Waals surface area contributed by atoms with E-state index in [2.05, 4.69) is 10.3 Å². The van der Waals surface area contributed by atoms with E-state index in [1.54, 1.807) is 35.6 Å². The first-order valence-electron chi connectivity index (χ1n) is 7.86. The lowest BCUT2D eigenvalue weighted by atomic mass is 10.1. The van der Waals surface area contributed by atoms with Crippen LogP contribution in [0.3, 0.4) is 0 Å². The average Bonchev–Trinajstić information content (AvgIpc) is 3.20. The molecule has 0 bridgehead atoms. The van der Waals surface area contributed by atoms with Gasteiger partial charge in [0.1, 0.15) is 11.4 Å². The van der Waals surface area contributed by atoms with Crippen LogP contribution in [0.1, 0.15) is 19.1 Å². The molecule has 24 heavy (non-hydrogen) atoms. The monoisotopic (exact) mass is 329 g/mol. The van der Waals surface area contributed by atoms with Crippen molar-refractivity contribution in [1.29, 1.82) is 0 Å². The Morgan fingerprint density at radius 2 is 2.33 bits per heavy atom. The van der Waals surface area contributed by atoms with Crippen molar-refractivity contribution in [3.05, 3.63) is 42.5 Å². The number of likely N-dealkylation sites (tertiary alicyclic amines) is 1. The van der Waals surface area contributed by atoms with Crippen molar-refractivity contribution in [2.75, 3.05) is 18.5 Å². The van der Waals surface area contributed by atoms with Gasteiger partial charge in [-0.3, -0.25) is 9.59 Å². The van der Waals surface area contributed by atoms with E-state index in [1.807, 2.05) is 13.0 Å². The van der Waals surface area contributed by atoms with Crippen LogP contribution in [0.4, 0.5) is 5.69 Å². The Labute approximate surface area is 139 Å². The van der Waals surface area contributed by atoms with E-state index in [0.717, 1.165) is 0 Å². The number of ether oxygens (including phenoxy) is 1. The first-order chi connectivity index (χ1) is 11.7. The minimum Gasteiger partial charge on any atom is -0.476 e. The molecule has 0 aromatic carbocycles. The Hall–Kier alpha value is -2.83. The smallest absolute Gasteiger partial charge is 0.237 e. The number of furan rings is 1. The molecule has 1 unspecified atom stereocenters. The van der Waals surface area contributed by atoms with E-state index in [-0.39, 0.29) is 18.2 Å². The number of hydrogen-bond donors (Lipinski definition) is 1. The van der Waals surface area contributed by atoms with Crippen molar-refractivity contribution in [2.24, 2.45) is 5.92 Å². The molecule has 0 radical (unpaired) electrons. The molecule has 2 amide bonds. The maximum absolute atomic E-state index is 12.5. The summed E-state index contributed by atoms with van der Waals surface area (Å²) in [5.41, 5.74) is 0.515. The van der Waals surface area contributed by atoms with Crippen LogP contribution in [-0.2, 0) is 16.1 Å². The molecule has 1 atom stereocenters. The Kier molecular flexibility index (Phi) is 4.79. The zero-order chi connectivity index (χ0) is 16.9. The molecule has 2 aromatic rings. The molecule has 1 fully saturated rings. The summed E-state index contributed by atoms with van der Waals surface area (Å²) in [6.45, 7) is 3.06. The van der Waals surface area contributed by atoms with Crippen molar-refractivity contribution in [3.63, 3.8) is 0 Å². The van der Waals surface area contributed by atoms with Gasteiger partial charge < -0.3 is 19.4 Å². The fourth-order valence-electron chi connectivity index (χ4n) is 2.66. The summed E-state index contributed by atoms with van der Waals surface area (Å²) in [4.78, 5) is 30.3. The van der Waals surface area contributed by atoms with Crippen molar-refractivity contribution >= 4 is 17.5 Å². The largest absolute Gasteiger partial charge is 0.476 e. The third-order valence-corrected chi connectivity index (χ3v) is 3.82. The second-order valence-electron chi connectivity index (χ2n) is 5.53. The van der Waals surface area contributed by atoms with Gasteiger partial charge in [0.15, 0.2) is 0 Å². The number of nitrogens with one attached hydrogen (secondary N) is 1. The number of amides is 2. The van der Waals surface area contributed by atoms with Crippen molar-refractivity contribution in [3.8, 4) is 5.88 Å². The van der Waals surface area contributed by atoms with E-state index in [4.69, 9.17) is 9.15 Å². The van der Waals surface area contributed by atoms with Crippen LogP contribution in [-0.4, -0.2) is 34.8 Å². The summed E-state index contributed by atoms with van der Waals surface area (Å²) in [6, 6.07) is 7.04. The molecular weight excluding hydrogens is 310 g/mol. The van der Waals surface area contributed by atoms with Gasteiger partial charge in [0, 0.05) is 19.2 Å². The molecule has 7 heteroatoms. The van der Waals surface area contributed by atoms with Gasteiger partial charge in [-0.05, 0) is 31.2 Å². The Morgan fingerprint density at radius 1 is 1.46 bits per heavy atom. The topological polar surface area (TPSA) is 84.7 Å². The van der Waals surface area contributed by atoms with E-state index in [9.17, 15) is 9.59 Å². The molecule has 1 N–H and O–H groups in total. The molecular formula is C17H19N3O4. The highest BCUT2D eigenvalue weighted by atomic mass is 16.5. The van der Waals surface area contributed by atoms with Crippen molar-refractivity contribution < 1.29 is 18.7 Å². The minimum atomic E-state index is -0.401. The zero-order valence-electron chi connectivity index (χ0n) is 13.4. The summed E-state index contributed by atoms with van der Waals surface area (Å²) in [7, 11) is 0. The van der Waals surface area contributed by atoms with E-state index in [0.29, 0.717) is 37.0 Å². The number of hydrogen-bond acceptors (Lipinski definition) is 5. The molecule has 3 heterocycles. The second kappa shape index (κ2) is 7.16. The number of nitrogens with zero attached hydrogens (tertiary/aromatic N) is 2. The molecule has 0 spiro atoms. The quantitative estimate of drug-likeness (QED) is 0.877. The summed E-state index contributed by atoms with van der Waals surface area (Å²) < 4.78 is 10.7. The molecule has 2 aromatic heterocycles. The molecule has 0 aliphatic carbocycles. The van der Waals surface area contributed by atoms with Crippen LogP contribution in [0.5, 0.6) is 5.88 Å². The van der Waals surface area contributed by atoms with E-state index in [1.165, 1.54) is 0 Å². The fraction of sp³-hybridized carbons (Fsp3) is 0.353. The number of rotatable bonds is 6. The fourth-order valence-corrected chi connectivity index (χ4v) is 2.66. The number of carbonyl (C=O) groups is 2. The number of anilines is 1. The molecule has 3 rings (SSSR count). The van der Waals surface area contributed by atoms with Crippen LogP contribution in [0.2, 0.25) is 0 Å². The summed E-state index contributed by atoms with van der Waals surface area (Å²) in [6.07, 6.45) is 3.36. The first-order valence-corrected chi connectivity index (χ1v) is 7.86. The van der Waals surface area contributed by atoms with Crippen LogP contribution in [0, 0.1) is 5.92 Å². The normalized spacial score (nSPS) is 17.1. The minimum absolute atomic E-state index is 0.0530. The molecule has 0 saturated carbocycles. The van der Waals surface area contributed by atoms with Crippen LogP contribution >= 0.6 is 0 Å². The Bertz CT molecular complexity index is 714. The molecule has 7 nitrogen and oxygen atoms in total. The molecule has 1 aliphatic rings. The van der Waals surface area contributed by atoms with Gasteiger partial charge in [0.25, 0.3) is 0 Å². The van der Waals surface area contributed by atoms with Gasteiger partial charge in [-0.1, -0.05) is 0 Å². The van der Waals surface area contributed by atoms with Gasteiger partial charge in [-0.2, -0.15) is 0 Å². The predicted molar refractivity (Wildman–Crippen MR) is 86.3 cm³/mol. The third-order valence-electron chi connectivity index (χ3n) is 3.82. The summed E-state index contributed by atoms with van der Waals surface area (Å²) in [5, 5.41) is 2.81. The highest BCUT2D eigenvalue weighted by molar-refractivity contribution is 5.97. The van der Waals surface area contributed by atoms with Gasteiger partial charge in [0.2, 0.25) is 17.7 Å². The SMILES string of the molecule is CCOc1ncccc1NC(=O)C1CC(=O)N(Cc2ccco2)C1. The molecule has 126 valence electrons. The maximum atomic E-state index is 12.5. The zero-order valence-corrected chi connectivity index (χ0v) is 13.4. The van der Waals surface area contributed by atoms with E-state index < -0.39 is 5.92 Å². The van der Waals surface area contributed by atoms with Crippen LogP contribution in [0.15, 0.2) is 41.1 Å². The Morgan fingerprint density at radius 3 is 3.08 bits per heavy atom. The number of carbonyl (C=O) groups excluding carboxylic acids is 2. The van der Waals surface area contributed by atoms with Gasteiger partial charge in [-0.25, -0.2) is 4.98 Å². The van der Waals surface area contributed by atoms with Crippen molar-refractivity contribution in [2.45, 2.75) is 19.9 Å². The second-order valence-corrected chi connectivity index (χ2v) is 5.53. The van der Waals surface area contributed by atoms with Crippen molar-refractivity contribution in [1.82, 2.24) is 9.88 Å². The lowest BCUT2D eigenvalue weighted by Gasteiger charge is -2.15. The Balaban J connectivity index is 1.63. The first kappa shape index (κ1) is 16.0. The lowest BCUT2D eigenvalue weighted by molar-refractivity contribution is -0.128. The summed E-state index contributed by atoms with van der Waals surface area (Å²) >= 11 is 0. The highest BCUT2D eigenvalue weighted by Crippen LogP contribution is 2.25. The molecule has 1 saturated heterocycles. The summed E-state index contributed by atoms with van der Waals surface area (Å²) in [5.74, 6) is 0.421. The van der Waals surface area contributed by atoms with Crippen LogP contribution < -0.4 is 10.1 Å². The van der Waals surface area contributed by atoms with Gasteiger partial charge >= 0.3 is 0 Å². The molecule has 1 aliphatic heterocycles. The van der Waals surface area contributed by atoms with Crippen LogP contribution in [0.25, 0.3) is 0 Å². The predicted octanol–water partition coefficient (Wildman–Crippen LogP) is 2.06. The van der Waals surface area contributed by atoms with Gasteiger partial charge in [-0.15, -0.1) is 0 Å². The maximum Gasteiger partial charge on any atom is 0.237 e. The average molecular weight is 329 g/mol. The number of aromatic nitrogens is 1. The standard InChI is InChI=1S/C17H19N3O4/c1-2-23-17-14(6-3-7-18-17)19-16(22)12-9-15(21)20(10-12)11-13-5-4-8-24-13/h3-8,12H,2,9-11H2,1H3,(H,19,22). The third kappa shape index (κ3) is 3.56. The van der Waals surface area contributed by atoms with Gasteiger partial charge in [0.05, 0.1) is 25.3 Å². The lowest BCUT2D eigenvalue weighted by Crippen LogP contribution is -2.28.